The van der Waals surface area contributed by atoms with E-state index in [0.29, 0.717) is 12.4 Å². The largest absolute Gasteiger partial charge is 0.494 e. The summed E-state index contributed by atoms with van der Waals surface area (Å²) in [5, 5.41) is 0. The number of para-hydroxylation sites is 1. The van der Waals surface area contributed by atoms with Crippen LogP contribution in [0.3, 0.4) is 0 Å². The van der Waals surface area contributed by atoms with Crippen molar-refractivity contribution in [3.63, 3.8) is 0 Å². The SMILES string of the molecule is CCOc1ccc(S(=O)(=O)Nc2ccccc2C(=O)O[C@H](C)C(=O)OC)cc1. The smallest absolute Gasteiger partial charge is 0.346 e. The number of methoxy groups -OCH3 is 1. The lowest BCUT2D eigenvalue weighted by molar-refractivity contribution is -0.149. The number of nitrogens with one attached hydrogen (secondary N) is 1. The van der Waals surface area contributed by atoms with Gasteiger partial charge in [0.15, 0.2) is 6.10 Å². The summed E-state index contributed by atoms with van der Waals surface area (Å²) in [7, 11) is -2.78. The minimum atomic E-state index is -3.96. The summed E-state index contributed by atoms with van der Waals surface area (Å²) < 4.78 is 42.5. The van der Waals surface area contributed by atoms with Gasteiger partial charge in [0.25, 0.3) is 10.0 Å². The van der Waals surface area contributed by atoms with Gasteiger partial charge in [-0.05, 0) is 50.2 Å². The van der Waals surface area contributed by atoms with Crippen molar-refractivity contribution in [2.75, 3.05) is 18.4 Å². The summed E-state index contributed by atoms with van der Waals surface area (Å²) in [5.74, 6) is -1.04. The molecule has 2 aromatic rings. The fourth-order valence-corrected chi connectivity index (χ4v) is 3.35. The van der Waals surface area contributed by atoms with Crippen molar-refractivity contribution in [1.82, 2.24) is 0 Å². The molecule has 150 valence electrons. The van der Waals surface area contributed by atoms with Crippen LogP contribution in [0.5, 0.6) is 5.75 Å². The lowest BCUT2D eigenvalue weighted by Crippen LogP contribution is -2.26. The van der Waals surface area contributed by atoms with Crippen LogP contribution in [0.1, 0.15) is 24.2 Å². The number of anilines is 1. The van der Waals surface area contributed by atoms with Gasteiger partial charge in [0.2, 0.25) is 0 Å². The lowest BCUT2D eigenvalue weighted by atomic mass is 10.2. The molecule has 0 aliphatic carbocycles. The summed E-state index contributed by atoms with van der Waals surface area (Å²) >= 11 is 0. The number of esters is 2. The Kier molecular flexibility index (Phi) is 7.00. The number of ether oxygens (including phenoxy) is 3. The molecule has 0 heterocycles. The molecule has 0 amide bonds. The quantitative estimate of drug-likeness (QED) is 0.670. The first-order valence-corrected chi connectivity index (χ1v) is 9.90. The third-order valence-corrected chi connectivity index (χ3v) is 5.03. The average Bonchev–Trinajstić information content (AvgIpc) is 2.68. The summed E-state index contributed by atoms with van der Waals surface area (Å²) in [6.45, 7) is 3.64. The topological polar surface area (TPSA) is 108 Å². The molecule has 1 N–H and O–H groups in total. The minimum Gasteiger partial charge on any atom is -0.494 e. The highest BCUT2D eigenvalue weighted by atomic mass is 32.2. The maximum Gasteiger partial charge on any atom is 0.346 e. The molecule has 0 fully saturated rings. The van der Waals surface area contributed by atoms with E-state index >= 15 is 0 Å². The van der Waals surface area contributed by atoms with Crippen molar-refractivity contribution in [3.8, 4) is 5.75 Å². The molecular weight excluding hydrogens is 386 g/mol. The average molecular weight is 407 g/mol. The van der Waals surface area contributed by atoms with Gasteiger partial charge in [0, 0.05) is 0 Å². The Labute approximate surface area is 163 Å². The maximum atomic E-state index is 12.6. The zero-order valence-corrected chi connectivity index (χ0v) is 16.5. The van der Waals surface area contributed by atoms with E-state index < -0.39 is 28.1 Å². The van der Waals surface area contributed by atoms with Gasteiger partial charge in [-0.1, -0.05) is 12.1 Å². The zero-order chi connectivity index (χ0) is 20.7. The van der Waals surface area contributed by atoms with E-state index in [-0.39, 0.29) is 16.1 Å². The Morgan fingerprint density at radius 3 is 2.32 bits per heavy atom. The van der Waals surface area contributed by atoms with Crippen molar-refractivity contribution in [1.29, 1.82) is 0 Å². The van der Waals surface area contributed by atoms with Crippen molar-refractivity contribution < 1.29 is 32.2 Å². The van der Waals surface area contributed by atoms with Gasteiger partial charge in [0.1, 0.15) is 5.75 Å². The van der Waals surface area contributed by atoms with E-state index in [1.54, 1.807) is 12.1 Å². The molecule has 8 nitrogen and oxygen atoms in total. The molecule has 2 aromatic carbocycles. The summed E-state index contributed by atoms with van der Waals surface area (Å²) in [6, 6.07) is 11.8. The molecule has 9 heteroatoms. The Balaban J connectivity index is 2.24. The van der Waals surface area contributed by atoms with Gasteiger partial charge >= 0.3 is 11.9 Å². The standard InChI is InChI=1S/C19H21NO7S/c1-4-26-14-9-11-15(12-10-14)28(23,24)20-17-8-6-5-7-16(17)19(22)27-13(2)18(21)25-3/h5-13,20H,4H2,1-3H3/t13-/m1/s1. The van der Waals surface area contributed by atoms with E-state index in [1.165, 1.54) is 50.4 Å². The van der Waals surface area contributed by atoms with Crippen LogP contribution >= 0.6 is 0 Å². The Hall–Kier alpha value is -3.07. The third kappa shape index (κ3) is 5.23. The molecule has 0 bridgehead atoms. The Bertz CT molecular complexity index is 939. The number of sulfonamides is 1. The van der Waals surface area contributed by atoms with Crippen LogP contribution in [0.2, 0.25) is 0 Å². The normalized spacial score (nSPS) is 12.0. The Morgan fingerprint density at radius 2 is 1.71 bits per heavy atom. The molecule has 0 saturated carbocycles. The van der Waals surface area contributed by atoms with Crippen molar-refractivity contribution in [3.05, 3.63) is 54.1 Å². The molecule has 0 spiro atoms. The van der Waals surface area contributed by atoms with Crippen LogP contribution in [-0.4, -0.2) is 40.2 Å². The predicted octanol–water partition coefficient (Wildman–Crippen LogP) is 2.60. The van der Waals surface area contributed by atoms with Gasteiger partial charge in [-0.2, -0.15) is 0 Å². The number of hydrogen-bond acceptors (Lipinski definition) is 7. The zero-order valence-electron chi connectivity index (χ0n) is 15.7. The van der Waals surface area contributed by atoms with E-state index in [1.807, 2.05) is 6.92 Å². The molecule has 0 aromatic heterocycles. The van der Waals surface area contributed by atoms with Gasteiger partial charge in [0.05, 0.1) is 29.9 Å². The van der Waals surface area contributed by atoms with Crippen LogP contribution in [-0.2, 0) is 24.3 Å². The first-order chi connectivity index (χ1) is 13.3. The van der Waals surface area contributed by atoms with Crippen LogP contribution in [0.4, 0.5) is 5.69 Å². The maximum absolute atomic E-state index is 12.6. The first-order valence-electron chi connectivity index (χ1n) is 8.42. The molecule has 2 rings (SSSR count). The summed E-state index contributed by atoms with van der Waals surface area (Å²) in [5.41, 5.74) is -0.00813. The van der Waals surface area contributed by atoms with Crippen LogP contribution < -0.4 is 9.46 Å². The molecule has 28 heavy (non-hydrogen) atoms. The second-order valence-electron chi connectivity index (χ2n) is 5.63. The van der Waals surface area contributed by atoms with Gasteiger partial charge in [-0.15, -0.1) is 0 Å². The Morgan fingerprint density at radius 1 is 1.07 bits per heavy atom. The summed E-state index contributed by atoms with van der Waals surface area (Å²) in [4.78, 5) is 23.8. The van der Waals surface area contributed by atoms with Crippen molar-refractivity contribution in [2.24, 2.45) is 0 Å². The second-order valence-corrected chi connectivity index (χ2v) is 7.31. The van der Waals surface area contributed by atoms with E-state index in [9.17, 15) is 18.0 Å². The van der Waals surface area contributed by atoms with E-state index in [0.717, 1.165) is 0 Å². The monoisotopic (exact) mass is 407 g/mol. The van der Waals surface area contributed by atoms with E-state index in [2.05, 4.69) is 9.46 Å². The fourth-order valence-electron chi connectivity index (χ4n) is 2.27. The lowest BCUT2D eigenvalue weighted by Gasteiger charge is -2.14. The highest BCUT2D eigenvalue weighted by Gasteiger charge is 2.23. The minimum absolute atomic E-state index is 0.00190. The molecule has 0 saturated heterocycles. The third-order valence-electron chi connectivity index (χ3n) is 3.65. The molecule has 0 aliphatic heterocycles. The van der Waals surface area contributed by atoms with Gasteiger partial charge in [-0.25, -0.2) is 18.0 Å². The number of rotatable bonds is 8. The number of carbonyl (C=O) groups is 2. The first kappa shape index (κ1) is 21.2. The van der Waals surface area contributed by atoms with E-state index in [4.69, 9.17) is 9.47 Å². The molecular formula is C19H21NO7S. The number of benzene rings is 2. The fraction of sp³-hybridized carbons (Fsp3) is 0.263. The highest BCUT2D eigenvalue weighted by Crippen LogP contribution is 2.23. The van der Waals surface area contributed by atoms with Crippen molar-refractivity contribution in [2.45, 2.75) is 24.8 Å². The van der Waals surface area contributed by atoms with Gasteiger partial charge in [-0.3, -0.25) is 4.72 Å². The van der Waals surface area contributed by atoms with Crippen molar-refractivity contribution >= 4 is 27.6 Å². The van der Waals surface area contributed by atoms with Gasteiger partial charge < -0.3 is 14.2 Å². The summed E-state index contributed by atoms with van der Waals surface area (Å²) in [6.07, 6.45) is -1.13. The number of carbonyl (C=O) groups excluding carboxylic acids is 2. The molecule has 0 unspecified atom stereocenters. The van der Waals surface area contributed by atoms with Crippen LogP contribution in [0.15, 0.2) is 53.4 Å². The van der Waals surface area contributed by atoms with Crippen LogP contribution in [0.25, 0.3) is 0 Å². The molecule has 0 radical (unpaired) electrons. The number of hydrogen-bond donors (Lipinski definition) is 1. The second kappa shape index (κ2) is 9.23. The van der Waals surface area contributed by atoms with Crippen LogP contribution in [0, 0.1) is 0 Å². The molecule has 1 atom stereocenters. The molecule has 0 aliphatic rings. The predicted molar refractivity (Wildman–Crippen MR) is 102 cm³/mol. The highest BCUT2D eigenvalue weighted by molar-refractivity contribution is 7.92.